The standard InChI is InChI=1S/C16H25ClN2/c1-3-4-13-7-8-19(11-13)16-6-5-14(9-12(2)18)10-15(16)17/h5-6,10,12-13H,3-4,7-9,11,18H2,1-2H3. The van der Waals surface area contributed by atoms with E-state index in [2.05, 4.69) is 30.0 Å². The lowest BCUT2D eigenvalue weighted by atomic mass is 10.0. The molecule has 2 N–H and O–H groups in total. The number of benzene rings is 1. The molecule has 1 saturated heterocycles. The van der Waals surface area contributed by atoms with Gasteiger partial charge in [0.1, 0.15) is 0 Å². The minimum absolute atomic E-state index is 0.183. The SMILES string of the molecule is CCCC1CCN(c2ccc(CC(C)N)cc2Cl)C1. The Bertz CT molecular complexity index is 417. The average Bonchev–Trinajstić information content (AvgIpc) is 2.77. The van der Waals surface area contributed by atoms with E-state index >= 15 is 0 Å². The molecule has 1 aromatic carbocycles. The number of halogens is 1. The van der Waals surface area contributed by atoms with Crippen LogP contribution < -0.4 is 10.6 Å². The number of anilines is 1. The zero-order valence-corrected chi connectivity index (χ0v) is 12.8. The summed E-state index contributed by atoms with van der Waals surface area (Å²) in [7, 11) is 0. The topological polar surface area (TPSA) is 29.3 Å². The van der Waals surface area contributed by atoms with Crippen LogP contribution in [0, 0.1) is 5.92 Å². The van der Waals surface area contributed by atoms with E-state index in [1.807, 2.05) is 6.92 Å². The van der Waals surface area contributed by atoms with Gasteiger partial charge >= 0.3 is 0 Å². The molecule has 0 radical (unpaired) electrons. The fraction of sp³-hybridized carbons (Fsp3) is 0.625. The molecule has 1 fully saturated rings. The van der Waals surface area contributed by atoms with Crippen LogP contribution in [0.5, 0.6) is 0 Å². The van der Waals surface area contributed by atoms with Gasteiger partial charge in [-0.15, -0.1) is 0 Å². The van der Waals surface area contributed by atoms with E-state index in [0.717, 1.165) is 30.5 Å². The average molecular weight is 281 g/mol. The third-order valence-electron chi connectivity index (χ3n) is 3.89. The highest BCUT2D eigenvalue weighted by molar-refractivity contribution is 6.33. The van der Waals surface area contributed by atoms with E-state index in [-0.39, 0.29) is 6.04 Å². The van der Waals surface area contributed by atoms with Crippen LogP contribution in [0.2, 0.25) is 5.02 Å². The lowest BCUT2D eigenvalue weighted by Crippen LogP contribution is -2.20. The molecule has 0 amide bonds. The molecule has 2 atom stereocenters. The van der Waals surface area contributed by atoms with E-state index in [1.54, 1.807) is 0 Å². The Labute approximate surface area is 121 Å². The molecule has 1 aliphatic heterocycles. The molecule has 1 aliphatic rings. The Balaban J connectivity index is 2.05. The van der Waals surface area contributed by atoms with Gasteiger partial charge in [0.2, 0.25) is 0 Å². The van der Waals surface area contributed by atoms with Gasteiger partial charge in [0.15, 0.2) is 0 Å². The molecule has 0 aliphatic carbocycles. The lowest BCUT2D eigenvalue weighted by Gasteiger charge is -2.21. The molecule has 1 heterocycles. The molecule has 19 heavy (non-hydrogen) atoms. The molecule has 3 heteroatoms. The normalized spacial score (nSPS) is 20.8. The van der Waals surface area contributed by atoms with Gasteiger partial charge in [-0.25, -0.2) is 0 Å². The summed E-state index contributed by atoms with van der Waals surface area (Å²) < 4.78 is 0. The molecule has 1 aromatic rings. The van der Waals surface area contributed by atoms with Gasteiger partial charge < -0.3 is 10.6 Å². The molecule has 0 saturated carbocycles. The van der Waals surface area contributed by atoms with Crippen molar-refractivity contribution in [2.24, 2.45) is 11.7 Å². The predicted octanol–water partition coefficient (Wildman–Crippen LogP) is 3.86. The Morgan fingerprint density at radius 2 is 2.26 bits per heavy atom. The van der Waals surface area contributed by atoms with Crippen molar-refractivity contribution in [1.82, 2.24) is 0 Å². The highest BCUT2D eigenvalue weighted by Crippen LogP contribution is 2.32. The number of nitrogens with zero attached hydrogens (tertiary/aromatic N) is 1. The summed E-state index contributed by atoms with van der Waals surface area (Å²) in [6.45, 7) is 6.58. The van der Waals surface area contributed by atoms with Crippen molar-refractivity contribution in [3.05, 3.63) is 28.8 Å². The number of rotatable bonds is 5. The summed E-state index contributed by atoms with van der Waals surface area (Å²) in [5.74, 6) is 0.838. The van der Waals surface area contributed by atoms with Crippen LogP contribution in [0.25, 0.3) is 0 Å². The summed E-state index contributed by atoms with van der Waals surface area (Å²) in [4.78, 5) is 2.43. The molecule has 0 spiro atoms. The summed E-state index contributed by atoms with van der Waals surface area (Å²) in [6.07, 6.45) is 4.79. The van der Waals surface area contributed by atoms with Crippen LogP contribution in [0.4, 0.5) is 5.69 Å². The monoisotopic (exact) mass is 280 g/mol. The first-order valence-electron chi connectivity index (χ1n) is 7.39. The Hall–Kier alpha value is -0.730. The van der Waals surface area contributed by atoms with Crippen LogP contribution in [0.15, 0.2) is 18.2 Å². The Kier molecular flexibility index (Phi) is 5.12. The van der Waals surface area contributed by atoms with Crippen molar-refractivity contribution >= 4 is 17.3 Å². The van der Waals surface area contributed by atoms with Crippen LogP contribution in [-0.2, 0) is 6.42 Å². The second-order valence-corrected chi connectivity index (χ2v) is 6.26. The van der Waals surface area contributed by atoms with Gasteiger partial charge in [-0.2, -0.15) is 0 Å². The maximum Gasteiger partial charge on any atom is 0.0642 e. The summed E-state index contributed by atoms with van der Waals surface area (Å²) >= 11 is 6.44. The highest BCUT2D eigenvalue weighted by Gasteiger charge is 2.23. The second kappa shape index (κ2) is 6.62. The van der Waals surface area contributed by atoms with Crippen LogP contribution in [0.1, 0.15) is 38.7 Å². The van der Waals surface area contributed by atoms with E-state index in [1.165, 1.54) is 30.5 Å². The molecular formula is C16H25ClN2. The van der Waals surface area contributed by atoms with Gasteiger partial charge in [0, 0.05) is 19.1 Å². The molecule has 2 nitrogen and oxygen atoms in total. The first kappa shape index (κ1) is 14.7. The van der Waals surface area contributed by atoms with Gasteiger partial charge in [0.25, 0.3) is 0 Å². The number of hydrogen-bond acceptors (Lipinski definition) is 2. The molecule has 2 unspecified atom stereocenters. The zero-order valence-electron chi connectivity index (χ0n) is 12.0. The van der Waals surface area contributed by atoms with E-state index in [0.29, 0.717) is 0 Å². The highest BCUT2D eigenvalue weighted by atomic mass is 35.5. The summed E-state index contributed by atoms with van der Waals surface area (Å²) in [5, 5.41) is 0.871. The van der Waals surface area contributed by atoms with Crippen molar-refractivity contribution in [1.29, 1.82) is 0 Å². The van der Waals surface area contributed by atoms with Crippen LogP contribution in [-0.4, -0.2) is 19.1 Å². The summed E-state index contributed by atoms with van der Waals surface area (Å²) in [5.41, 5.74) is 8.25. The maximum atomic E-state index is 6.44. The zero-order chi connectivity index (χ0) is 13.8. The predicted molar refractivity (Wildman–Crippen MR) is 84.0 cm³/mol. The Morgan fingerprint density at radius 3 is 2.89 bits per heavy atom. The van der Waals surface area contributed by atoms with E-state index < -0.39 is 0 Å². The molecule has 0 bridgehead atoms. The first-order chi connectivity index (χ1) is 9.10. The quantitative estimate of drug-likeness (QED) is 0.887. The third-order valence-corrected chi connectivity index (χ3v) is 4.20. The third kappa shape index (κ3) is 3.87. The Morgan fingerprint density at radius 1 is 1.47 bits per heavy atom. The minimum atomic E-state index is 0.183. The molecule has 106 valence electrons. The van der Waals surface area contributed by atoms with Crippen LogP contribution >= 0.6 is 11.6 Å². The van der Waals surface area contributed by atoms with E-state index in [9.17, 15) is 0 Å². The fourth-order valence-corrected chi connectivity index (χ4v) is 3.32. The molecule has 0 aromatic heterocycles. The van der Waals surface area contributed by atoms with Gasteiger partial charge in [-0.05, 0) is 49.8 Å². The van der Waals surface area contributed by atoms with Gasteiger partial charge in [0.05, 0.1) is 10.7 Å². The van der Waals surface area contributed by atoms with Gasteiger partial charge in [-0.1, -0.05) is 31.0 Å². The van der Waals surface area contributed by atoms with Crippen molar-refractivity contribution in [2.45, 2.75) is 45.6 Å². The van der Waals surface area contributed by atoms with Crippen molar-refractivity contribution in [2.75, 3.05) is 18.0 Å². The molecule has 2 rings (SSSR count). The van der Waals surface area contributed by atoms with Crippen molar-refractivity contribution in [3.63, 3.8) is 0 Å². The smallest absolute Gasteiger partial charge is 0.0642 e. The second-order valence-electron chi connectivity index (χ2n) is 5.86. The molecular weight excluding hydrogens is 256 g/mol. The van der Waals surface area contributed by atoms with E-state index in [4.69, 9.17) is 17.3 Å². The van der Waals surface area contributed by atoms with Crippen molar-refractivity contribution < 1.29 is 0 Å². The number of hydrogen-bond donors (Lipinski definition) is 1. The van der Waals surface area contributed by atoms with Crippen LogP contribution in [0.3, 0.4) is 0 Å². The van der Waals surface area contributed by atoms with Crippen molar-refractivity contribution in [3.8, 4) is 0 Å². The largest absolute Gasteiger partial charge is 0.370 e. The number of nitrogens with two attached hydrogens (primary N) is 1. The maximum absolute atomic E-state index is 6.44. The summed E-state index contributed by atoms with van der Waals surface area (Å²) in [6, 6.07) is 6.59. The minimum Gasteiger partial charge on any atom is -0.370 e. The fourth-order valence-electron chi connectivity index (χ4n) is 3.00. The first-order valence-corrected chi connectivity index (χ1v) is 7.77. The van der Waals surface area contributed by atoms with Gasteiger partial charge in [-0.3, -0.25) is 0 Å². The lowest BCUT2D eigenvalue weighted by molar-refractivity contribution is 0.530.